The molecule has 6 nitrogen and oxygen atoms in total. The highest BCUT2D eigenvalue weighted by Crippen LogP contribution is 2.21. The number of aromatic nitrogens is 4. The normalized spacial score (nSPS) is 13.2. The molecule has 0 aliphatic carbocycles. The van der Waals surface area contributed by atoms with E-state index >= 15 is 0 Å². The number of Topliss-reactive ketones (excluding diaryl/α,β-unsaturated/α-hetero) is 1. The predicted octanol–water partition coefficient (Wildman–Crippen LogP) is -0.145. The number of hydrogen-bond acceptors (Lipinski definition) is 4. The summed E-state index contributed by atoms with van der Waals surface area (Å²) in [6.07, 6.45) is 8.44. The quantitative estimate of drug-likeness (QED) is 0.407. The molecule has 0 unspecified atom stereocenters. The van der Waals surface area contributed by atoms with E-state index in [0.29, 0.717) is 12.1 Å². The number of methoxy groups -OCH3 is 1. The molecule has 1 aliphatic rings. The highest BCUT2D eigenvalue weighted by atomic mass is 79.9. The molecule has 0 saturated carbocycles. The van der Waals surface area contributed by atoms with Crippen molar-refractivity contribution in [2.24, 2.45) is 0 Å². The standard InChI is InChI=1S/C21H23N4O2.BrH/c1-27-18-8-6-16(7-9-18)19(26)15-24-13-10-17(11-14-24)21-23-22-20-5-3-2-4-12-25(20)21;/h6-11,13-14H,2-5,12,15H2,1H3;1H/q+1;/p-1. The molecule has 1 aliphatic heterocycles. The first-order chi connectivity index (χ1) is 13.2. The number of fused-ring (bicyclic) bond motifs is 1. The Bertz CT molecular complexity index is 936. The third kappa shape index (κ3) is 4.30. The Labute approximate surface area is 175 Å². The first kappa shape index (κ1) is 20.2. The van der Waals surface area contributed by atoms with Crippen LogP contribution in [-0.2, 0) is 19.5 Å². The summed E-state index contributed by atoms with van der Waals surface area (Å²) >= 11 is 0. The molecule has 28 heavy (non-hydrogen) atoms. The fourth-order valence-electron chi connectivity index (χ4n) is 3.44. The van der Waals surface area contributed by atoms with E-state index in [0.717, 1.165) is 35.9 Å². The van der Waals surface area contributed by atoms with Crippen molar-refractivity contribution in [1.29, 1.82) is 0 Å². The number of aryl methyl sites for hydroxylation is 1. The molecule has 3 aromatic rings. The van der Waals surface area contributed by atoms with Gasteiger partial charge in [-0.1, -0.05) is 6.42 Å². The molecule has 0 spiro atoms. The number of ketones is 1. The molecule has 7 heteroatoms. The predicted molar refractivity (Wildman–Crippen MR) is 101 cm³/mol. The van der Waals surface area contributed by atoms with Crippen LogP contribution in [0.3, 0.4) is 0 Å². The number of carbonyl (C=O) groups excluding carboxylic acids is 1. The molecule has 2 aromatic heterocycles. The summed E-state index contributed by atoms with van der Waals surface area (Å²) in [7, 11) is 1.61. The Morgan fingerprint density at radius 3 is 2.54 bits per heavy atom. The Hall–Kier alpha value is -2.54. The van der Waals surface area contributed by atoms with Crippen LogP contribution in [0.25, 0.3) is 11.4 Å². The van der Waals surface area contributed by atoms with Crippen LogP contribution < -0.4 is 26.3 Å². The van der Waals surface area contributed by atoms with Crippen LogP contribution in [0.5, 0.6) is 5.75 Å². The molecule has 3 heterocycles. The van der Waals surface area contributed by atoms with Crippen molar-refractivity contribution in [3.8, 4) is 17.1 Å². The number of halogens is 1. The molecule has 0 amide bonds. The van der Waals surface area contributed by atoms with Gasteiger partial charge in [0.2, 0.25) is 12.3 Å². The average molecular weight is 443 g/mol. The highest BCUT2D eigenvalue weighted by Gasteiger charge is 2.17. The van der Waals surface area contributed by atoms with Gasteiger partial charge in [-0.3, -0.25) is 4.79 Å². The van der Waals surface area contributed by atoms with E-state index in [1.165, 1.54) is 19.3 Å². The summed E-state index contributed by atoms with van der Waals surface area (Å²) in [5.74, 6) is 2.80. The molecule has 0 bridgehead atoms. The van der Waals surface area contributed by atoms with Crippen LogP contribution in [0.15, 0.2) is 48.8 Å². The van der Waals surface area contributed by atoms with Gasteiger partial charge in [0, 0.05) is 36.2 Å². The molecular weight excluding hydrogens is 420 g/mol. The van der Waals surface area contributed by atoms with Gasteiger partial charge in [-0.2, -0.15) is 4.57 Å². The highest BCUT2D eigenvalue weighted by molar-refractivity contribution is 5.95. The minimum atomic E-state index is 0. The first-order valence-corrected chi connectivity index (χ1v) is 9.33. The fourth-order valence-corrected chi connectivity index (χ4v) is 3.44. The molecule has 0 saturated heterocycles. The minimum Gasteiger partial charge on any atom is -1.00 e. The first-order valence-electron chi connectivity index (χ1n) is 9.33. The summed E-state index contributed by atoms with van der Waals surface area (Å²) in [5.41, 5.74) is 1.71. The maximum atomic E-state index is 12.5. The number of rotatable bonds is 5. The summed E-state index contributed by atoms with van der Waals surface area (Å²) in [6, 6.07) is 11.2. The Kier molecular flexibility index (Phi) is 6.57. The van der Waals surface area contributed by atoms with Gasteiger partial charge < -0.3 is 26.3 Å². The second kappa shape index (κ2) is 9.10. The molecule has 0 N–H and O–H groups in total. The van der Waals surface area contributed by atoms with Crippen LogP contribution in [0, 0.1) is 0 Å². The Balaban J connectivity index is 0.00000225. The lowest BCUT2D eigenvalue weighted by atomic mass is 10.1. The second-order valence-corrected chi connectivity index (χ2v) is 6.81. The maximum absolute atomic E-state index is 12.5. The topological polar surface area (TPSA) is 60.9 Å². The summed E-state index contributed by atoms with van der Waals surface area (Å²) in [4.78, 5) is 12.5. The molecule has 0 fully saturated rings. The van der Waals surface area contributed by atoms with E-state index in [4.69, 9.17) is 4.74 Å². The molecule has 1 aromatic carbocycles. The minimum absolute atomic E-state index is 0. The number of nitrogens with zero attached hydrogens (tertiary/aromatic N) is 4. The lowest BCUT2D eigenvalue weighted by Crippen LogP contribution is -3.00. The van der Waals surface area contributed by atoms with Gasteiger partial charge in [-0.25, -0.2) is 0 Å². The van der Waals surface area contributed by atoms with Crippen LogP contribution in [0.1, 0.15) is 35.4 Å². The van der Waals surface area contributed by atoms with Gasteiger partial charge in [-0.05, 0) is 37.1 Å². The summed E-state index contributed by atoms with van der Waals surface area (Å²) in [6.45, 7) is 1.27. The molecular formula is C21H23BrN4O2. The van der Waals surface area contributed by atoms with E-state index < -0.39 is 0 Å². The van der Waals surface area contributed by atoms with E-state index in [-0.39, 0.29) is 22.8 Å². The monoisotopic (exact) mass is 442 g/mol. The molecule has 0 atom stereocenters. The SMILES string of the molecule is COc1ccc(C(=O)C[n+]2ccc(-c3nnc4n3CCCCC4)cc2)cc1.[Br-]. The van der Waals surface area contributed by atoms with Crippen molar-refractivity contribution >= 4 is 5.78 Å². The number of benzene rings is 1. The molecule has 146 valence electrons. The zero-order valence-electron chi connectivity index (χ0n) is 15.8. The zero-order valence-corrected chi connectivity index (χ0v) is 17.4. The molecule has 4 rings (SSSR count). The van der Waals surface area contributed by atoms with Crippen molar-refractivity contribution in [2.75, 3.05) is 7.11 Å². The van der Waals surface area contributed by atoms with Crippen molar-refractivity contribution < 1.29 is 31.1 Å². The van der Waals surface area contributed by atoms with Gasteiger partial charge in [0.25, 0.3) is 0 Å². The van der Waals surface area contributed by atoms with Gasteiger partial charge in [-0.15, -0.1) is 10.2 Å². The largest absolute Gasteiger partial charge is 1.00 e. The van der Waals surface area contributed by atoms with E-state index in [1.54, 1.807) is 31.4 Å². The van der Waals surface area contributed by atoms with Crippen molar-refractivity contribution in [3.05, 3.63) is 60.2 Å². The summed E-state index contributed by atoms with van der Waals surface area (Å²) in [5, 5.41) is 8.75. The van der Waals surface area contributed by atoms with Crippen LogP contribution in [-0.4, -0.2) is 27.7 Å². The second-order valence-electron chi connectivity index (χ2n) is 6.81. The van der Waals surface area contributed by atoms with E-state index in [2.05, 4.69) is 14.8 Å². The maximum Gasteiger partial charge on any atom is 0.227 e. The number of carbonyl (C=O) groups is 1. The Morgan fingerprint density at radius 2 is 1.82 bits per heavy atom. The zero-order chi connectivity index (χ0) is 18.6. The third-order valence-corrected chi connectivity index (χ3v) is 5.00. The number of pyridine rings is 1. The summed E-state index contributed by atoms with van der Waals surface area (Å²) < 4.78 is 9.25. The lowest BCUT2D eigenvalue weighted by molar-refractivity contribution is -0.683. The van der Waals surface area contributed by atoms with Crippen molar-refractivity contribution in [3.63, 3.8) is 0 Å². The lowest BCUT2D eigenvalue weighted by Gasteiger charge is -2.06. The van der Waals surface area contributed by atoms with E-state index in [9.17, 15) is 4.79 Å². The third-order valence-electron chi connectivity index (χ3n) is 5.00. The van der Waals surface area contributed by atoms with Crippen LogP contribution in [0.2, 0.25) is 0 Å². The van der Waals surface area contributed by atoms with Crippen LogP contribution >= 0.6 is 0 Å². The van der Waals surface area contributed by atoms with Crippen molar-refractivity contribution in [2.45, 2.75) is 38.8 Å². The van der Waals surface area contributed by atoms with Crippen LogP contribution in [0.4, 0.5) is 0 Å². The smallest absolute Gasteiger partial charge is 0.227 e. The number of hydrogen-bond donors (Lipinski definition) is 0. The van der Waals surface area contributed by atoms with Gasteiger partial charge in [0.15, 0.2) is 18.2 Å². The fraction of sp³-hybridized carbons (Fsp3) is 0.333. The number of ether oxygens (including phenoxy) is 1. The van der Waals surface area contributed by atoms with E-state index in [1.807, 2.05) is 29.1 Å². The van der Waals surface area contributed by atoms with Gasteiger partial charge in [0.05, 0.1) is 7.11 Å². The van der Waals surface area contributed by atoms with Gasteiger partial charge in [0.1, 0.15) is 11.6 Å². The molecule has 0 radical (unpaired) electrons. The Morgan fingerprint density at radius 1 is 1.07 bits per heavy atom. The van der Waals surface area contributed by atoms with Crippen molar-refractivity contribution in [1.82, 2.24) is 14.8 Å². The van der Waals surface area contributed by atoms with Gasteiger partial charge >= 0.3 is 0 Å². The average Bonchev–Trinajstić information content (AvgIpc) is 2.96.